The molecule has 0 radical (unpaired) electrons. The Morgan fingerprint density at radius 2 is 1.73 bits per heavy atom. The van der Waals surface area contributed by atoms with Crippen molar-refractivity contribution in [1.29, 1.82) is 0 Å². The number of benzene rings is 3. The molecule has 236 valence electrons. The number of carbonyl (C=O) groups excluding carboxylic acids is 2. The molecule has 2 amide bonds. The molecule has 1 saturated heterocycles. The number of likely N-dealkylation sites (N-methyl/N-ethyl adjacent to an activating group) is 1. The van der Waals surface area contributed by atoms with E-state index in [2.05, 4.69) is 22.5 Å². The van der Waals surface area contributed by atoms with E-state index in [1.807, 2.05) is 74.6 Å². The van der Waals surface area contributed by atoms with Gasteiger partial charge in [0.05, 0.1) is 31.5 Å². The largest absolute Gasteiger partial charge is 0.465 e. The zero-order valence-electron chi connectivity index (χ0n) is 25.7. The number of ether oxygens (including phenoxy) is 3. The maximum Gasteiger partial charge on any atom is 0.325 e. The number of anilines is 1. The Kier molecular flexibility index (Phi) is 11.9. The molecule has 0 aromatic heterocycles. The summed E-state index contributed by atoms with van der Waals surface area (Å²) in [5.74, 6) is -0.570. The highest BCUT2D eigenvalue weighted by Crippen LogP contribution is 2.42. The maximum absolute atomic E-state index is 12.4. The van der Waals surface area contributed by atoms with Gasteiger partial charge in [-0.25, -0.2) is 4.79 Å². The second-order valence-electron chi connectivity index (χ2n) is 11.1. The molecule has 10 heteroatoms. The lowest BCUT2D eigenvalue weighted by molar-refractivity contribution is -0.276. The Labute approximate surface area is 258 Å². The standard InChI is InChI=1S/C34H43N3O7/c1-5-42-30(39)19-35-34(41)36-28-13-9-12-27(18-28)33-43-29(20-37(4)23(3)31(40)25-10-7-6-8-11-25)22(2)32(44-33)26-16-14-24(21-38)15-17-26/h6-18,22-23,29,31-33,38,40H,5,19-21H2,1-4H3,(H2,35,36,41)/t22-,23-,29+,31-,32+,33+/m1/s1. The zero-order valence-corrected chi connectivity index (χ0v) is 25.7. The molecular weight excluding hydrogens is 562 g/mol. The Morgan fingerprint density at radius 1 is 1.00 bits per heavy atom. The quantitative estimate of drug-likeness (QED) is 0.219. The van der Waals surface area contributed by atoms with Crippen LogP contribution in [-0.2, 0) is 25.6 Å². The lowest BCUT2D eigenvalue weighted by Gasteiger charge is -2.43. The number of aliphatic hydroxyl groups excluding tert-OH is 2. The molecular formula is C34H43N3O7. The summed E-state index contributed by atoms with van der Waals surface area (Å²) < 4.78 is 18.0. The second kappa shape index (κ2) is 15.8. The molecule has 3 aromatic carbocycles. The Balaban J connectivity index is 1.53. The minimum atomic E-state index is -0.745. The van der Waals surface area contributed by atoms with Crippen LogP contribution >= 0.6 is 0 Å². The summed E-state index contributed by atoms with van der Waals surface area (Å²) in [7, 11) is 1.97. The predicted molar refractivity (Wildman–Crippen MR) is 167 cm³/mol. The molecule has 1 aliphatic heterocycles. The Morgan fingerprint density at radius 3 is 2.41 bits per heavy atom. The third-order valence-corrected chi connectivity index (χ3v) is 8.00. The van der Waals surface area contributed by atoms with Crippen LogP contribution in [0.2, 0.25) is 0 Å². The molecule has 0 spiro atoms. The number of nitrogens with one attached hydrogen (secondary N) is 2. The van der Waals surface area contributed by atoms with Gasteiger partial charge in [0.1, 0.15) is 6.54 Å². The van der Waals surface area contributed by atoms with Crippen molar-refractivity contribution in [2.24, 2.45) is 5.92 Å². The zero-order chi connectivity index (χ0) is 31.6. The summed E-state index contributed by atoms with van der Waals surface area (Å²) in [6, 6.07) is 23.7. The van der Waals surface area contributed by atoms with E-state index < -0.39 is 24.4 Å². The average Bonchev–Trinajstić information content (AvgIpc) is 3.04. The number of esters is 1. The molecule has 0 unspecified atom stereocenters. The number of carbonyl (C=O) groups is 2. The minimum absolute atomic E-state index is 0.0463. The fraction of sp³-hybridized carbons (Fsp3) is 0.412. The van der Waals surface area contributed by atoms with Crippen molar-refractivity contribution < 1.29 is 34.0 Å². The van der Waals surface area contributed by atoms with Gasteiger partial charge in [-0.2, -0.15) is 0 Å². The van der Waals surface area contributed by atoms with Gasteiger partial charge < -0.3 is 35.1 Å². The molecule has 1 aliphatic rings. The normalized spacial score (nSPS) is 21.3. The van der Waals surface area contributed by atoms with Crippen molar-refractivity contribution in [3.05, 3.63) is 101 Å². The number of hydrogen-bond donors (Lipinski definition) is 4. The topological polar surface area (TPSA) is 130 Å². The average molecular weight is 606 g/mol. The molecule has 4 N–H and O–H groups in total. The van der Waals surface area contributed by atoms with Gasteiger partial charge in [-0.3, -0.25) is 9.69 Å². The van der Waals surface area contributed by atoms with Crippen molar-refractivity contribution in [3.8, 4) is 0 Å². The number of hydrogen-bond acceptors (Lipinski definition) is 8. The van der Waals surface area contributed by atoms with Crippen LogP contribution in [0, 0.1) is 5.92 Å². The first-order chi connectivity index (χ1) is 21.2. The van der Waals surface area contributed by atoms with E-state index in [9.17, 15) is 19.8 Å². The smallest absolute Gasteiger partial charge is 0.325 e. The number of amides is 2. The molecule has 1 heterocycles. The molecule has 0 bridgehead atoms. The van der Waals surface area contributed by atoms with Gasteiger partial charge in [-0.05, 0) is 49.7 Å². The van der Waals surface area contributed by atoms with Crippen molar-refractivity contribution in [2.45, 2.75) is 58.0 Å². The number of nitrogens with zero attached hydrogens (tertiary/aromatic N) is 1. The van der Waals surface area contributed by atoms with Crippen molar-refractivity contribution in [3.63, 3.8) is 0 Å². The van der Waals surface area contributed by atoms with Gasteiger partial charge in [-0.15, -0.1) is 0 Å². The van der Waals surface area contributed by atoms with Gasteiger partial charge >= 0.3 is 12.0 Å². The number of aliphatic hydroxyl groups is 2. The monoisotopic (exact) mass is 605 g/mol. The number of urea groups is 1. The Hall–Kier alpha value is -3.80. The molecule has 6 atom stereocenters. The lowest BCUT2D eigenvalue weighted by Crippen LogP contribution is -2.46. The predicted octanol–water partition coefficient (Wildman–Crippen LogP) is 4.71. The van der Waals surface area contributed by atoms with Crippen LogP contribution in [-0.4, -0.2) is 66.0 Å². The van der Waals surface area contributed by atoms with Crippen LogP contribution < -0.4 is 10.6 Å². The first-order valence-electron chi connectivity index (χ1n) is 14.9. The first kappa shape index (κ1) is 33.1. The van der Waals surface area contributed by atoms with Crippen molar-refractivity contribution in [1.82, 2.24) is 10.2 Å². The van der Waals surface area contributed by atoms with Crippen molar-refractivity contribution >= 4 is 17.7 Å². The SMILES string of the molecule is CCOC(=O)CNC(=O)Nc1cccc([C@H]2O[C@@H](CN(C)[C@H](C)[C@@H](O)c3ccccc3)[C@@H](C)[C@@H](c3ccc(CO)cc3)O2)c1. The second-order valence-corrected chi connectivity index (χ2v) is 11.1. The molecule has 3 aromatic rings. The molecule has 4 rings (SSSR count). The van der Waals surface area contributed by atoms with E-state index in [-0.39, 0.29) is 43.9 Å². The van der Waals surface area contributed by atoms with Crippen LogP contribution in [0.25, 0.3) is 0 Å². The highest BCUT2D eigenvalue weighted by atomic mass is 16.7. The molecule has 0 aliphatic carbocycles. The first-order valence-corrected chi connectivity index (χ1v) is 14.9. The van der Waals surface area contributed by atoms with Crippen LogP contribution in [0.5, 0.6) is 0 Å². The van der Waals surface area contributed by atoms with Crippen LogP contribution in [0.1, 0.15) is 61.5 Å². The van der Waals surface area contributed by atoms with E-state index in [1.165, 1.54) is 0 Å². The van der Waals surface area contributed by atoms with Crippen molar-refractivity contribution in [2.75, 3.05) is 32.1 Å². The third kappa shape index (κ3) is 8.64. The van der Waals surface area contributed by atoms with Gasteiger partial charge in [0.25, 0.3) is 0 Å². The summed E-state index contributed by atoms with van der Waals surface area (Å²) in [5.41, 5.74) is 3.84. The lowest BCUT2D eigenvalue weighted by atomic mass is 9.89. The van der Waals surface area contributed by atoms with E-state index in [0.29, 0.717) is 17.8 Å². The van der Waals surface area contributed by atoms with E-state index in [1.54, 1.807) is 25.1 Å². The van der Waals surface area contributed by atoms with Gasteiger partial charge in [-0.1, -0.05) is 73.7 Å². The van der Waals surface area contributed by atoms with E-state index in [4.69, 9.17) is 14.2 Å². The Bertz CT molecular complexity index is 1350. The summed E-state index contributed by atoms with van der Waals surface area (Å²) >= 11 is 0. The molecule has 10 nitrogen and oxygen atoms in total. The van der Waals surface area contributed by atoms with Crippen LogP contribution in [0.3, 0.4) is 0 Å². The summed E-state index contributed by atoms with van der Waals surface area (Å²) in [6.45, 7) is 6.26. The van der Waals surface area contributed by atoms with Gasteiger partial charge in [0.15, 0.2) is 6.29 Å². The van der Waals surface area contributed by atoms with E-state index in [0.717, 1.165) is 16.7 Å². The molecule has 44 heavy (non-hydrogen) atoms. The summed E-state index contributed by atoms with van der Waals surface area (Å²) in [5, 5.41) is 25.8. The molecule has 0 saturated carbocycles. The van der Waals surface area contributed by atoms with Gasteiger partial charge in [0.2, 0.25) is 0 Å². The fourth-order valence-electron chi connectivity index (χ4n) is 5.25. The number of rotatable bonds is 12. The van der Waals surface area contributed by atoms with E-state index >= 15 is 0 Å². The van der Waals surface area contributed by atoms with Crippen LogP contribution in [0.15, 0.2) is 78.9 Å². The fourth-order valence-corrected chi connectivity index (χ4v) is 5.25. The maximum atomic E-state index is 12.4. The van der Waals surface area contributed by atoms with Crippen LogP contribution in [0.4, 0.5) is 10.5 Å². The highest BCUT2D eigenvalue weighted by Gasteiger charge is 2.39. The third-order valence-electron chi connectivity index (χ3n) is 8.00. The highest BCUT2D eigenvalue weighted by molar-refractivity contribution is 5.91. The summed E-state index contributed by atoms with van der Waals surface area (Å²) in [4.78, 5) is 26.1. The van der Waals surface area contributed by atoms with Gasteiger partial charge in [0, 0.05) is 29.8 Å². The summed E-state index contributed by atoms with van der Waals surface area (Å²) in [6.07, 6.45) is -2.01. The molecule has 1 fully saturated rings. The minimum Gasteiger partial charge on any atom is -0.465 e.